The summed E-state index contributed by atoms with van der Waals surface area (Å²) in [6, 6.07) is 5.04. The molecule has 2 atom stereocenters. The first-order valence-electron chi connectivity index (χ1n) is 5.98. The Hall–Kier alpha value is -1.75. The maximum Gasteiger partial charge on any atom is 0.319 e. The molecule has 0 aliphatic heterocycles. The molecule has 0 spiro atoms. The largest absolute Gasteiger partial charge is 0.548 e. The lowest BCUT2D eigenvalue weighted by atomic mass is 9.99. The van der Waals surface area contributed by atoms with Crippen molar-refractivity contribution in [1.82, 2.24) is 5.32 Å². The number of anilines is 1. The van der Waals surface area contributed by atoms with Crippen LogP contribution < -0.4 is 15.7 Å². The average Bonchev–Trinajstić information content (AvgIpc) is 2.37. The molecule has 1 rings (SSSR count). The molecule has 1 aromatic carbocycles. The van der Waals surface area contributed by atoms with Crippen LogP contribution in [0.4, 0.5) is 10.5 Å². The van der Waals surface area contributed by atoms with Crippen LogP contribution >= 0.6 is 11.6 Å². The predicted octanol–water partition coefficient (Wildman–Crippen LogP) is 1.63. The summed E-state index contributed by atoms with van der Waals surface area (Å²) in [5.74, 6) is -1.52. The van der Waals surface area contributed by atoms with Gasteiger partial charge in [0.2, 0.25) is 0 Å². The quantitative estimate of drug-likeness (QED) is 0.862. The zero-order valence-electron chi connectivity index (χ0n) is 10.8. The summed E-state index contributed by atoms with van der Waals surface area (Å²) in [5, 5.41) is 16.2. The molecule has 6 heteroatoms. The van der Waals surface area contributed by atoms with E-state index in [1.807, 2.05) is 6.92 Å². The molecule has 0 aliphatic rings. The number of aliphatic carboxylic acids is 1. The number of hydrogen-bond acceptors (Lipinski definition) is 3. The van der Waals surface area contributed by atoms with Gasteiger partial charge in [0.25, 0.3) is 0 Å². The summed E-state index contributed by atoms with van der Waals surface area (Å²) in [7, 11) is 0. The molecule has 0 radical (unpaired) electrons. The van der Waals surface area contributed by atoms with Crippen molar-refractivity contribution in [3.63, 3.8) is 0 Å². The Morgan fingerprint density at radius 3 is 2.53 bits per heavy atom. The van der Waals surface area contributed by atoms with Gasteiger partial charge in [-0.15, -0.1) is 0 Å². The number of benzene rings is 1. The molecule has 0 unspecified atom stereocenters. The third-order valence-corrected chi connectivity index (χ3v) is 3.21. The number of halogens is 1. The van der Waals surface area contributed by atoms with Crippen molar-refractivity contribution in [3.05, 3.63) is 29.3 Å². The fraction of sp³-hybridized carbons (Fsp3) is 0.385. The highest BCUT2D eigenvalue weighted by Crippen LogP contribution is 2.20. The predicted molar refractivity (Wildman–Crippen MR) is 71.9 cm³/mol. The van der Waals surface area contributed by atoms with Gasteiger partial charge in [-0.3, -0.25) is 0 Å². The van der Waals surface area contributed by atoms with Gasteiger partial charge in [0.15, 0.2) is 0 Å². The minimum absolute atomic E-state index is 0.220. The molecule has 0 saturated carbocycles. The van der Waals surface area contributed by atoms with Gasteiger partial charge in [0, 0.05) is 0 Å². The van der Waals surface area contributed by atoms with Gasteiger partial charge < -0.3 is 20.5 Å². The molecule has 19 heavy (non-hydrogen) atoms. The third-order valence-electron chi connectivity index (χ3n) is 2.88. The fourth-order valence-electron chi connectivity index (χ4n) is 1.53. The molecule has 5 nitrogen and oxygen atoms in total. The van der Waals surface area contributed by atoms with E-state index in [4.69, 9.17) is 11.6 Å². The highest BCUT2D eigenvalue weighted by molar-refractivity contribution is 6.33. The first-order chi connectivity index (χ1) is 8.95. The van der Waals surface area contributed by atoms with E-state index in [0.29, 0.717) is 17.1 Å². The molecule has 2 amide bonds. The van der Waals surface area contributed by atoms with Crippen molar-refractivity contribution in [3.8, 4) is 0 Å². The number of carbonyl (C=O) groups excluding carboxylic acids is 2. The fourth-order valence-corrected chi connectivity index (χ4v) is 1.71. The molecule has 0 bridgehead atoms. The number of nitrogens with one attached hydrogen (secondary N) is 2. The molecule has 0 aromatic heterocycles. The van der Waals surface area contributed by atoms with Crippen LogP contribution in [0, 0.1) is 5.92 Å². The average molecular weight is 284 g/mol. The van der Waals surface area contributed by atoms with E-state index in [-0.39, 0.29) is 5.92 Å². The van der Waals surface area contributed by atoms with Crippen molar-refractivity contribution >= 4 is 29.3 Å². The van der Waals surface area contributed by atoms with E-state index in [1.54, 1.807) is 31.2 Å². The van der Waals surface area contributed by atoms with Crippen LogP contribution in [0.25, 0.3) is 0 Å². The van der Waals surface area contributed by atoms with Crippen molar-refractivity contribution in [1.29, 1.82) is 0 Å². The lowest BCUT2D eigenvalue weighted by Crippen LogP contribution is -2.52. The highest BCUT2D eigenvalue weighted by Gasteiger charge is 2.19. The Balaban J connectivity index is 2.68. The molecule has 0 heterocycles. The van der Waals surface area contributed by atoms with E-state index >= 15 is 0 Å². The second kappa shape index (κ2) is 6.99. The molecule has 1 aromatic rings. The van der Waals surface area contributed by atoms with Crippen molar-refractivity contribution in [2.75, 3.05) is 5.32 Å². The summed E-state index contributed by atoms with van der Waals surface area (Å²) >= 11 is 5.89. The van der Waals surface area contributed by atoms with Gasteiger partial charge in [-0.25, -0.2) is 4.79 Å². The van der Waals surface area contributed by atoms with Crippen LogP contribution in [0.3, 0.4) is 0 Å². The lowest BCUT2D eigenvalue weighted by Gasteiger charge is -2.25. The summed E-state index contributed by atoms with van der Waals surface area (Å²) in [6.07, 6.45) is 0.616. The molecule has 2 N–H and O–H groups in total. The number of amides is 2. The second-order valence-electron chi connectivity index (χ2n) is 4.26. The van der Waals surface area contributed by atoms with Gasteiger partial charge in [0.1, 0.15) is 0 Å². The first kappa shape index (κ1) is 15.3. The van der Waals surface area contributed by atoms with Crippen LogP contribution in [0.5, 0.6) is 0 Å². The molecule has 0 saturated heterocycles. The topological polar surface area (TPSA) is 81.3 Å². The van der Waals surface area contributed by atoms with Crippen LogP contribution in [0.2, 0.25) is 5.02 Å². The molecule has 0 fully saturated rings. The number of urea groups is 1. The van der Waals surface area contributed by atoms with Gasteiger partial charge in [-0.1, -0.05) is 44.0 Å². The number of para-hydroxylation sites is 1. The van der Waals surface area contributed by atoms with Gasteiger partial charge >= 0.3 is 6.03 Å². The summed E-state index contributed by atoms with van der Waals surface area (Å²) in [6.45, 7) is 3.57. The van der Waals surface area contributed by atoms with E-state index in [0.717, 1.165) is 0 Å². The zero-order valence-corrected chi connectivity index (χ0v) is 11.5. The van der Waals surface area contributed by atoms with Crippen LogP contribution in [0.15, 0.2) is 24.3 Å². The molecular weight excluding hydrogens is 268 g/mol. The van der Waals surface area contributed by atoms with E-state index < -0.39 is 18.0 Å². The van der Waals surface area contributed by atoms with E-state index in [9.17, 15) is 14.7 Å². The SMILES string of the molecule is CC[C@@H](C)[C@H](NC(=O)Nc1ccccc1Cl)C(=O)[O-]. The number of carbonyl (C=O) groups is 2. The van der Waals surface area contributed by atoms with Crippen molar-refractivity contribution in [2.45, 2.75) is 26.3 Å². The second-order valence-corrected chi connectivity index (χ2v) is 4.67. The smallest absolute Gasteiger partial charge is 0.319 e. The highest BCUT2D eigenvalue weighted by atomic mass is 35.5. The molecule has 0 aliphatic carbocycles. The van der Waals surface area contributed by atoms with Crippen LogP contribution in [-0.4, -0.2) is 18.0 Å². The number of carboxylic acids is 1. The standard InChI is InChI=1S/C13H17ClN2O3/c1-3-8(2)11(12(17)18)16-13(19)15-10-7-5-4-6-9(10)14/h4-8,11H,3H2,1-2H3,(H,17,18)(H2,15,16,19)/p-1/t8-,11+/m1/s1. The third kappa shape index (κ3) is 4.44. The number of carboxylic acid groups (broad SMARTS) is 1. The Labute approximate surface area is 117 Å². The maximum atomic E-state index is 11.7. The Kier molecular flexibility index (Phi) is 5.63. The van der Waals surface area contributed by atoms with E-state index in [2.05, 4.69) is 10.6 Å². The van der Waals surface area contributed by atoms with Crippen molar-refractivity contribution in [2.24, 2.45) is 5.92 Å². The first-order valence-corrected chi connectivity index (χ1v) is 6.36. The minimum Gasteiger partial charge on any atom is -0.548 e. The zero-order chi connectivity index (χ0) is 14.4. The number of hydrogen-bond donors (Lipinski definition) is 2. The van der Waals surface area contributed by atoms with Gasteiger partial charge in [-0.05, 0) is 18.1 Å². The summed E-state index contributed by atoms with van der Waals surface area (Å²) in [4.78, 5) is 22.7. The van der Waals surface area contributed by atoms with E-state index in [1.165, 1.54) is 0 Å². The van der Waals surface area contributed by atoms with Crippen LogP contribution in [-0.2, 0) is 4.79 Å². The summed E-state index contributed by atoms with van der Waals surface area (Å²) in [5.41, 5.74) is 0.419. The minimum atomic E-state index is -1.30. The normalized spacial score (nSPS) is 13.4. The Morgan fingerprint density at radius 1 is 1.37 bits per heavy atom. The Bertz CT molecular complexity index is 465. The molecular formula is C13H16ClN2O3-. The maximum absolute atomic E-state index is 11.7. The van der Waals surface area contributed by atoms with Crippen LogP contribution in [0.1, 0.15) is 20.3 Å². The summed E-state index contributed by atoms with van der Waals surface area (Å²) < 4.78 is 0. The molecule has 104 valence electrons. The lowest BCUT2D eigenvalue weighted by molar-refractivity contribution is -0.309. The van der Waals surface area contributed by atoms with Crippen molar-refractivity contribution < 1.29 is 14.7 Å². The van der Waals surface area contributed by atoms with Gasteiger partial charge in [0.05, 0.1) is 22.7 Å². The number of rotatable bonds is 5. The monoisotopic (exact) mass is 283 g/mol. The van der Waals surface area contributed by atoms with Gasteiger partial charge in [-0.2, -0.15) is 0 Å². The Morgan fingerprint density at radius 2 is 2.00 bits per heavy atom.